The first-order chi connectivity index (χ1) is 22.4. The van der Waals surface area contributed by atoms with Crippen molar-refractivity contribution in [3.63, 3.8) is 0 Å². The van der Waals surface area contributed by atoms with Gasteiger partial charge in [-0.1, -0.05) is 43.5 Å². The quantitative estimate of drug-likeness (QED) is 0.249. The number of nitrogens with two attached hydrogens (primary N) is 1. The zero-order valence-corrected chi connectivity index (χ0v) is 29.4. The van der Waals surface area contributed by atoms with Crippen LogP contribution < -0.4 is 21.1 Å². The number of carbonyl (C=O) groups is 2. The van der Waals surface area contributed by atoms with E-state index in [1.807, 2.05) is 0 Å². The minimum Gasteiger partial charge on any atom is -0.491 e. The second kappa shape index (κ2) is 14.5. The summed E-state index contributed by atoms with van der Waals surface area (Å²) in [5, 5.41) is 16.8. The van der Waals surface area contributed by atoms with E-state index in [1.165, 1.54) is 18.3 Å². The van der Waals surface area contributed by atoms with Crippen LogP contribution in [0.5, 0.6) is 5.75 Å². The molecule has 3 aromatic rings. The van der Waals surface area contributed by atoms with Crippen LogP contribution in [0, 0.1) is 0 Å². The molecule has 0 aliphatic carbocycles. The number of nitrogen functional groups attached to an aromatic ring is 1. The van der Waals surface area contributed by atoms with Gasteiger partial charge >= 0.3 is 6.09 Å². The number of amides is 2. The van der Waals surface area contributed by atoms with E-state index >= 15 is 0 Å². The van der Waals surface area contributed by atoms with Gasteiger partial charge in [0.1, 0.15) is 11.4 Å². The summed E-state index contributed by atoms with van der Waals surface area (Å²) in [7, 11) is -3.81. The predicted octanol–water partition coefficient (Wildman–Crippen LogP) is 6.04. The van der Waals surface area contributed by atoms with E-state index in [1.54, 1.807) is 71.9 Å². The van der Waals surface area contributed by atoms with E-state index in [0.717, 1.165) is 12.8 Å². The average molecular weight is 682 g/mol. The van der Waals surface area contributed by atoms with Gasteiger partial charge in [0.15, 0.2) is 21.3 Å². The largest absolute Gasteiger partial charge is 0.491 e. The summed E-state index contributed by atoms with van der Waals surface area (Å²) in [5.74, 6) is -0.336. The fourth-order valence-electron chi connectivity index (χ4n) is 5.72. The number of anilines is 2. The number of nitrogens with one attached hydrogen (secondary N) is 2. The Labute approximate surface area is 282 Å². The molecule has 0 saturated heterocycles. The molecule has 12 nitrogen and oxygen atoms in total. The van der Waals surface area contributed by atoms with E-state index in [0.29, 0.717) is 54.1 Å². The van der Waals surface area contributed by atoms with Crippen LogP contribution in [-0.2, 0) is 21.1 Å². The lowest BCUT2D eigenvalue weighted by molar-refractivity contribution is 0.0308. The molecule has 1 atom stereocenters. The van der Waals surface area contributed by atoms with Crippen LogP contribution in [0.3, 0.4) is 0 Å². The third-order valence-electron chi connectivity index (χ3n) is 8.03. The summed E-state index contributed by atoms with van der Waals surface area (Å²) in [6.07, 6.45) is 4.30. The Hall–Kier alpha value is -4.23. The van der Waals surface area contributed by atoms with Gasteiger partial charge in [0.25, 0.3) is 5.91 Å². The number of benzene rings is 2. The first-order valence-corrected chi connectivity index (χ1v) is 17.6. The molecule has 260 valence electrons. The zero-order chi connectivity index (χ0) is 35.3. The van der Waals surface area contributed by atoms with Crippen molar-refractivity contribution >= 4 is 33.3 Å². The number of carbonyl (C=O) groups excluding carboxylic acids is 2. The van der Waals surface area contributed by atoms with E-state index < -0.39 is 37.8 Å². The molecular formula is C35H47N5O7S. The normalized spacial score (nSPS) is 20.2. The van der Waals surface area contributed by atoms with Gasteiger partial charge in [0.2, 0.25) is 0 Å². The van der Waals surface area contributed by atoms with Crippen LogP contribution in [0.25, 0.3) is 11.3 Å². The molecule has 5 N–H and O–H groups in total. The number of sulfone groups is 1. The summed E-state index contributed by atoms with van der Waals surface area (Å²) in [6.45, 7) is 10.7. The van der Waals surface area contributed by atoms with Gasteiger partial charge in [0.05, 0.1) is 39.4 Å². The molecule has 1 aromatic heterocycles. The molecule has 0 radical (unpaired) electrons. The van der Waals surface area contributed by atoms with Gasteiger partial charge < -0.3 is 30.9 Å². The van der Waals surface area contributed by atoms with Gasteiger partial charge in [0, 0.05) is 17.7 Å². The Bertz CT molecular complexity index is 1730. The minimum absolute atomic E-state index is 0.0615. The first kappa shape index (κ1) is 36.6. The van der Waals surface area contributed by atoms with Gasteiger partial charge in [-0.05, 0) is 79.0 Å². The van der Waals surface area contributed by atoms with Crippen LogP contribution >= 0.6 is 0 Å². The van der Waals surface area contributed by atoms with Crippen LogP contribution in [0.4, 0.5) is 16.3 Å². The molecular weight excluding hydrogens is 634 g/mol. The Morgan fingerprint density at radius 3 is 2.46 bits per heavy atom. The molecule has 5 rings (SSSR count). The number of aliphatic hydroxyl groups is 1. The first-order valence-electron chi connectivity index (χ1n) is 16.1. The predicted molar refractivity (Wildman–Crippen MR) is 184 cm³/mol. The number of hydrogen-bond acceptors (Lipinski definition) is 10. The fourth-order valence-corrected chi connectivity index (χ4v) is 7.35. The molecule has 0 saturated carbocycles. The lowest BCUT2D eigenvalue weighted by atomic mass is 9.88. The van der Waals surface area contributed by atoms with Crippen LogP contribution in [-0.4, -0.2) is 58.0 Å². The monoisotopic (exact) mass is 681 g/mol. The standard InChI is InChI=1S/C35H47N5O7S/c1-33(2,3)47-32(42)38-20-24-12-11-13-26-29(24)46-19-10-8-7-9-18-35(6,43)22-34(4,5)48(44,45)25-16-14-23(15-17-25)27-21-37-30(36)28(39-27)31(41)40-26/h11-17,21,43H,7-10,18-20,22H2,1-6H3,(H2,36,37)(H,38,42)(H,40,41). The number of fused-ring (bicyclic) bond motifs is 13. The third kappa shape index (κ3) is 9.22. The van der Waals surface area contributed by atoms with Crippen molar-refractivity contribution in [2.75, 3.05) is 17.7 Å². The highest BCUT2D eigenvalue weighted by Crippen LogP contribution is 2.36. The molecule has 2 amide bonds. The van der Waals surface area contributed by atoms with Gasteiger partial charge in [-0.3, -0.25) is 4.79 Å². The summed E-state index contributed by atoms with van der Waals surface area (Å²) >= 11 is 0. The number of para-hydroxylation sites is 1. The maximum absolute atomic E-state index is 13.7. The third-order valence-corrected chi connectivity index (χ3v) is 10.5. The molecule has 0 fully saturated rings. The molecule has 13 heteroatoms. The maximum atomic E-state index is 13.7. The van der Waals surface area contributed by atoms with Crippen molar-refractivity contribution < 1.29 is 32.6 Å². The van der Waals surface area contributed by atoms with Crippen molar-refractivity contribution in [1.82, 2.24) is 15.3 Å². The van der Waals surface area contributed by atoms with Crippen molar-refractivity contribution in [1.29, 1.82) is 0 Å². The maximum Gasteiger partial charge on any atom is 0.407 e. The number of rotatable bonds is 2. The number of alkyl carbamates (subject to hydrolysis) is 1. The fraction of sp³-hybridized carbons (Fsp3) is 0.486. The Balaban J connectivity index is 1.70. The minimum atomic E-state index is -3.81. The second-order valence-corrected chi connectivity index (χ2v) is 16.6. The number of nitrogens with zero attached hydrogens (tertiary/aromatic N) is 2. The Kier molecular flexibility index (Phi) is 11.0. The van der Waals surface area contributed by atoms with Crippen LogP contribution in [0.1, 0.15) is 96.1 Å². The Morgan fingerprint density at radius 1 is 1.08 bits per heavy atom. The van der Waals surface area contributed by atoms with E-state index in [9.17, 15) is 23.1 Å². The lowest BCUT2D eigenvalue weighted by Crippen LogP contribution is -2.41. The molecule has 0 spiro atoms. The van der Waals surface area contributed by atoms with E-state index in [4.69, 9.17) is 15.2 Å². The molecule has 1 unspecified atom stereocenters. The second-order valence-electron chi connectivity index (χ2n) is 14.1. The van der Waals surface area contributed by atoms with Crippen LogP contribution in [0.2, 0.25) is 0 Å². The molecule has 3 heterocycles. The lowest BCUT2D eigenvalue weighted by Gasteiger charge is -2.33. The average Bonchev–Trinajstić information content (AvgIpc) is 2.98. The van der Waals surface area contributed by atoms with E-state index in [2.05, 4.69) is 20.6 Å². The van der Waals surface area contributed by atoms with Crippen LogP contribution in [0.15, 0.2) is 53.6 Å². The van der Waals surface area contributed by atoms with Crippen molar-refractivity contribution in [3.05, 3.63) is 59.9 Å². The summed E-state index contributed by atoms with van der Waals surface area (Å²) in [5.41, 5.74) is 5.92. The molecule has 48 heavy (non-hydrogen) atoms. The highest BCUT2D eigenvalue weighted by Gasteiger charge is 2.41. The highest BCUT2D eigenvalue weighted by atomic mass is 32.2. The summed E-state index contributed by atoms with van der Waals surface area (Å²) < 4.78 is 37.7. The molecule has 2 aromatic carbocycles. The number of ether oxygens (including phenoxy) is 2. The SMILES string of the molecule is CC1(O)CCCCCCOc2c(CNC(=O)OC(C)(C)C)cccc2NC(=O)c2nc(cnc2N)-c2ccc(cc2)S(=O)(=O)C(C)(C)C1. The van der Waals surface area contributed by atoms with Crippen molar-refractivity contribution in [2.24, 2.45) is 0 Å². The summed E-state index contributed by atoms with van der Waals surface area (Å²) in [4.78, 5) is 34.7. The van der Waals surface area contributed by atoms with Gasteiger partial charge in [-0.2, -0.15) is 0 Å². The highest BCUT2D eigenvalue weighted by molar-refractivity contribution is 7.92. The molecule has 4 bridgehead atoms. The smallest absolute Gasteiger partial charge is 0.407 e. The molecule has 2 aliphatic rings. The van der Waals surface area contributed by atoms with E-state index in [-0.39, 0.29) is 29.4 Å². The van der Waals surface area contributed by atoms with Gasteiger partial charge in [-0.25, -0.2) is 23.2 Å². The zero-order valence-electron chi connectivity index (χ0n) is 28.6. The topological polar surface area (TPSA) is 183 Å². The summed E-state index contributed by atoms with van der Waals surface area (Å²) in [6, 6.07) is 11.4. The van der Waals surface area contributed by atoms with Crippen molar-refractivity contribution in [3.8, 4) is 17.0 Å². The van der Waals surface area contributed by atoms with Gasteiger partial charge in [-0.15, -0.1) is 0 Å². The number of hydrogen-bond donors (Lipinski definition) is 4. The Morgan fingerprint density at radius 2 is 1.77 bits per heavy atom. The van der Waals surface area contributed by atoms with Crippen molar-refractivity contribution in [2.45, 2.75) is 107 Å². The molecule has 2 aliphatic heterocycles. The number of aromatic nitrogens is 2.